The molecule has 0 amide bonds. The highest BCUT2D eigenvalue weighted by Crippen LogP contribution is 2.43. The smallest absolute Gasteiger partial charge is 0.306 e. The standard InChI is InChI=1S/C45H42N6O3/c1-4-41-46-44(53)38(29-30-42(52)54-5-2)32(3)50(41)31-33-25-27-34(28-26-33)39-23-15-16-24-40(39)43-47-48-49-51(43)45(35-17-9-6-10-18-35,36-19-11-7-12-20-36)37-21-13-8-14-22-37/h6-28H,4-5,29-31H2,1-3H3. The predicted molar refractivity (Wildman–Crippen MR) is 210 cm³/mol. The van der Waals surface area contributed by atoms with E-state index in [1.807, 2.05) is 85.3 Å². The summed E-state index contributed by atoms with van der Waals surface area (Å²) in [6.07, 6.45) is 1.03. The fraction of sp³-hybridized carbons (Fsp3) is 0.200. The highest BCUT2D eigenvalue weighted by Gasteiger charge is 2.42. The van der Waals surface area contributed by atoms with Gasteiger partial charge in [-0.2, -0.15) is 4.98 Å². The molecule has 0 spiro atoms. The van der Waals surface area contributed by atoms with Crippen molar-refractivity contribution < 1.29 is 9.53 Å². The summed E-state index contributed by atoms with van der Waals surface area (Å²) in [6.45, 7) is 6.53. The predicted octanol–water partition coefficient (Wildman–Crippen LogP) is 7.82. The lowest BCUT2D eigenvalue weighted by Crippen LogP contribution is -2.39. The van der Waals surface area contributed by atoms with E-state index < -0.39 is 5.54 Å². The van der Waals surface area contributed by atoms with Crippen molar-refractivity contribution in [3.05, 3.63) is 189 Å². The minimum Gasteiger partial charge on any atom is -0.466 e. The quantitative estimate of drug-likeness (QED) is 0.0886. The van der Waals surface area contributed by atoms with E-state index in [0.29, 0.717) is 36.8 Å². The van der Waals surface area contributed by atoms with Crippen LogP contribution in [0.15, 0.2) is 144 Å². The van der Waals surface area contributed by atoms with Crippen molar-refractivity contribution in [2.75, 3.05) is 6.61 Å². The molecule has 0 saturated heterocycles. The zero-order valence-corrected chi connectivity index (χ0v) is 30.7. The van der Waals surface area contributed by atoms with Crippen molar-refractivity contribution in [2.45, 2.75) is 52.1 Å². The number of rotatable bonds is 13. The minimum atomic E-state index is -0.880. The van der Waals surface area contributed by atoms with Gasteiger partial charge in [0.1, 0.15) is 11.4 Å². The molecule has 0 atom stereocenters. The Morgan fingerprint density at radius 3 is 1.83 bits per heavy atom. The molecule has 2 aromatic heterocycles. The lowest BCUT2D eigenvalue weighted by atomic mass is 9.77. The van der Waals surface area contributed by atoms with E-state index in [9.17, 15) is 9.59 Å². The Morgan fingerprint density at radius 1 is 0.722 bits per heavy atom. The number of esters is 1. The van der Waals surface area contributed by atoms with Crippen molar-refractivity contribution in [2.24, 2.45) is 0 Å². The number of ether oxygens (including phenoxy) is 1. The van der Waals surface area contributed by atoms with E-state index in [1.165, 1.54) is 0 Å². The number of aryl methyl sites for hydroxylation is 1. The van der Waals surface area contributed by atoms with Gasteiger partial charge in [-0.25, -0.2) is 4.68 Å². The molecule has 0 N–H and O–H groups in total. The topological polar surface area (TPSA) is 105 Å². The summed E-state index contributed by atoms with van der Waals surface area (Å²) in [6, 6.07) is 47.8. The first-order chi connectivity index (χ1) is 26.4. The molecule has 54 heavy (non-hydrogen) atoms. The number of tetrazole rings is 1. The fourth-order valence-corrected chi connectivity index (χ4v) is 7.37. The molecule has 0 radical (unpaired) electrons. The maximum absolute atomic E-state index is 13.0. The van der Waals surface area contributed by atoms with E-state index in [0.717, 1.165) is 44.6 Å². The first-order valence-corrected chi connectivity index (χ1v) is 18.3. The third-order valence-corrected chi connectivity index (χ3v) is 9.98. The highest BCUT2D eigenvalue weighted by molar-refractivity contribution is 5.81. The molecule has 9 nitrogen and oxygen atoms in total. The Morgan fingerprint density at radius 2 is 1.28 bits per heavy atom. The van der Waals surface area contributed by atoms with Gasteiger partial charge in [0.2, 0.25) is 0 Å². The van der Waals surface area contributed by atoms with Crippen molar-refractivity contribution in [3.63, 3.8) is 0 Å². The van der Waals surface area contributed by atoms with E-state index in [4.69, 9.17) is 15.0 Å². The monoisotopic (exact) mass is 714 g/mol. The van der Waals surface area contributed by atoms with E-state index in [2.05, 4.69) is 87.6 Å². The molecule has 0 aliphatic heterocycles. The largest absolute Gasteiger partial charge is 0.466 e. The van der Waals surface area contributed by atoms with Gasteiger partial charge in [-0.3, -0.25) is 9.59 Å². The Hall–Kier alpha value is -6.48. The van der Waals surface area contributed by atoms with Crippen LogP contribution in [0.2, 0.25) is 0 Å². The SMILES string of the molecule is CCOC(=O)CCc1c(C)n(Cc2ccc(-c3ccccc3-c3nnnn3C(c3ccccc3)(c3ccccc3)c3ccccc3)cc2)c(CC)nc1=O. The highest BCUT2D eigenvalue weighted by atomic mass is 16.5. The summed E-state index contributed by atoms with van der Waals surface area (Å²) >= 11 is 0. The van der Waals surface area contributed by atoms with Crippen LogP contribution in [0.3, 0.4) is 0 Å². The molecular formula is C45H42N6O3. The van der Waals surface area contributed by atoms with Crippen LogP contribution < -0.4 is 5.56 Å². The third-order valence-electron chi connectivity index (χ3n) is 9.98. The second-order valence-corrected chi connectivity index (χ2v) is 13.1. The van der Waals surface area contributed by atoms with Crippen LogP contribution in [0, 0.1) is 6.92 Å². The van der Waals surface area contributed by atoms with E-state index in [-0.39, 0.29) is 24.4 Å². The number of aromatic nitrogens is 6. The summed E-state index contributed by atoms with van der Waals surface area (Å²) in [5.74, 6) is 1.01. The second kappa shape index (κ2) is 16.0. The maximum atomic E-state index is 13.0. The average molecular weight is 715 g/mol. The summed E-state index contributed by atoms with van der Waals surface area (Å²) in [4.78, 5) is 29.5. The van der Waals surface area contributed by atoms with Crippen molar-refractivity contribution >= 4 is 5.97 Å². The Balaban J connectivity index is 1.29. The van der Waals surface area contributed by atoms with Crippen LogP contribution in [0.4, 0.5) is 0 Å². The first kappa shape index (κ1) is 35.9. The van der Waals surface area contributed by atoms with Gasteiger partial charge in [0.25, 0.3) is 5.56 Å². The van der Waals surface area contributed by atoms with Crippen LogP contribution in [0.5, 0.6) is 0 Å². The number of carbonyl (C=O) groups is 1. The molecule has 0 aliphatic rings. The molecule has 7 rings (SSSR count). The second-order valence-electron chi connectivity index (χ2n) is 13.1. The molecular weight excluding hydrogens is 673 g/mol. The third kappa shape index (κ3) is 6.88. The summed E-state index contributed by atoms with van der Waals surface area (Å²) in [5, 5.41) is 13.8. The molecule has 0 fully saturated rings. The molecule has 0 aliphatic carbocycles. The Kier molecular flexibility index (Phi) is 10.7. The summed E-state index contributed by atoms with van der Waals surface area (Å²) in [7, 11) is 0. The van der Waals surface area contributed by atoms with Crippen LogP contribution in [-0.2, 0) is 34.5 Å². The summed E-state index contributed by atoms with van der Waals surface area (Å²) < 4.78 is 9.13. The zero-order valence-electron chi connectivity index (χ0n) is 30.7. The molecule has 270 valence electrons. The molecule has 9 heteroatoms. The van der Waals surface area contributed by atoms with Crippen LogP contribution >= 0.6 is 0 Å². The van der Waals surface area contributed by atoms with Gasteiger partial charge >= 0.3 is 5.97 Å². The maximum Gasteiger partial charge on any atom is 0.306 e. The zero-order chi connectivity index (χ0) is 37.5. The van der Waals surface area contributed by atoms with Crippen molar-refractivity contribution in [1.82, 2.24) is 29.8 Å². The molecule has 0 bridgehead atoms. The Bertz CT molecular complexity index is 2310. The molecule has 0 saturated carbocycles. The van der Waals surface area contributed by atoms with Gasteiger partial charge in [0.15, 0.2) is 5.82 Å². The van der Waals surface area contributed by atoms with Gasteiger partial charge in [-0.05, 0) is 64.1 Å². The number of nitrogens with zero attached hydrogens (tertiary/aromatic N) is 6. The van der Waals surface area contributed by atoms with Crippen LogP contribution in [0.1, 0.15) is 59.6 Å². The molecule has 5 aromatic carbocycles. The van der Waals surface area contributed by atoms with Gasteiger partial charge < -0.3 is 9.30 Å². The van der Waals surface area contributed by atoms with Gasteiger partial charge in [-0.15, -0.1) is 5.10 Å². The summed E-state index contributed by atoms with van der Waals surface area (Å²) in [5.41, 5.74) is 7.22. The molecule has 0 unspecified atom stereocenters. The molecule has 7 aromatic rings. The van der Waals surface area contributed by atoms with E-state index >= 15 is 0 Å². The number of benzene rings is 5. The minimum absolute atomic E-state index is 0.137. The van der Waals surface area contributed by atoms with Gasteiger partial charge in [0, 0.05) is 36.2 Å². The van der Waals surface area contributed by atoms with Crippen molar-refractivity contribution in [1.29, 1.82) is 0 Å². The van der Waals surface area contributed by atoms with E-state index in [1.54, 1.807) is 6.92 Å². The first-order valence-electron chi connectivity index (χ1n) is 18.3. The normalized spacial score (nSPS) is 11.4. The van der Waals surface area contributed by atoms with Gasteiger partial charge in [-0.1, -0.05) is 146 Å². The number of hydrogen-bond donors (Lipinski definition) is 0. The van der Waals surface area contributed by atoms with Crippen LogP contribution in [0.25, 0.3) is 22.5 Å². The number of carbonyl (C=O) groups excluding carboxylic acids is 1. The average Bonchev–Trinajstić information content (AvgIpc) is 3.71. The van der Waals surface area contributed by atoms with Gasteiger partial charge in [0.05, 0.1) is 6.61 Å². The lowest BCUT2D eigenvalue weighted by molar-refractivity contribution is -0.143. The fourth-order valence-electron chi connectivity index (χ4n) is 7.37. The van der Waals surface area contributed by atoms with Crippen LogP contribution in [-0.4, -0.2) is 42.3 Å². The number of hydrogen-bond acceptors (Lipinski definition) is 7. The molecule has 2 heterocycles. The lowest BCUT2D eigenvalue weighted by Gasteiger charge is -2.36. The Labute approximate surface area is 314 Å². The van der Waals surface area contributed by atoms with Crippen molar-refractivity contribution in [3.8, 4) is 22.5 Å².